The van der Waals surface area contributed by atoms with Crippen LogP contribution >= 0.6 is 0 Å². The molecule has 2 heterocycles. The van der Waals surface area contributed by atoms with Gasteiger partial charge >= 0.3 is 0 Å². The number of carbonyl (C=O) groups excluding carboxylic acids is 2. The molecule has 1 aromatic heterocycles. The van der Waals surface area contributed by atoms with E-state index in [2.05, 4.69) is 34.4 Å². The number of anilines is 3. The highest BCUT2D eigenvalue weighted by Gasteiger charge is 2.37. The van der Waals surface area contributed by atoms with Crippen molar-refractivity contribution < 1.29 is 14.3 Å². The van der Waals surface area contributed by atoms with E-state index >= 15 is 0 Å². The van der Waals surface area contributed by atoms with Crippen LogP contribution in [0.4, 0.5) is 17.3 Å². The summed E-state index contributed by atoms with van der Waals surface area (Å²) in [5.41, 5.74) is 2.99. The van der Waals surface area contributed by atoms with Crippen LogP contribution in [0.25, 0.3) is 10.8 Å². The van der Waals surface area contributed by atoms with Gasteiger partial charge in [0.15, 0.2) is 0 Å². The molecule has 4 aromatic rings. The fourth-order valence-electron chi connectivity index (χ4n) is 4.61. The molecule has 2 N–H and O–H groups in total. The summed E-state index contributed by atoms with van der Waals surface area (Å²) in [7, 11) is 1.74. The molecule has 1 aliphatic rings. The molecule has 8 heteroatoms. The fourth-order valence-corrected chi connectivity index (χ4v) is 4.61. The highest BCUT2D eigenvalue weighted by Crippen LogP contribution is 2.42. The summed E-state index contributed by atoms with van der Waals surface area (Å²) in [5.74, 6) is 1.25. The number of benzene rings is 3. The van der Waals surface area contributed by atoms with Gasteiger partial charge in [-0.2, -0.15) is 4.98 Å². The number of ether oxygens (including phenoxy) is 1. The van der Waals surface area contributed by atoms with Crippen LogP contribution < -0.4 is 20.3 Å². The third kappa shape index (κ3) is 4.33. The lowest BCUT2D eigenvalue weighted by atomic mass is 9.87. The fraction of sp³-hybridized carbons (Fsp3) is 0.214. The Morgan fingerprint density at radius 1 is 1.06 bits per heavy atom. The number of nitrogens with zero attached hydrogens (tertiary/aromatic N) is 3. The summed E-state index contributed by atoms with van der Waals surface area (Å²) in [6.45, 7) is 6.42. The molecule has 0 aliphatic carbocycles. The van der Waals surface area contributed by atoms with Gasteiger partial charge in [-0.3, -0.25) is 9.59 Å². The average molecular weight is 482 g/mol. The lowest BCUT2D eigenvalue weighted by Crippen LogP contribution is -2.32. The van der Waals surface area contributed by atoms with E-state index in [-0.39, 0.29) is 17.2 Å². The first-order chi connectivity index (χ1) is 17.2. The van der Waals surface area contributed by atoms with E-state index in [1.54, 1.807) is 37.2 Å². The van der Waals surface area contributed by atoms with Gasteiger partial charge in [-0.05, 0) is 52.7 Å². The van der Waals surface area contributed by atoms with Gasteiger partial charge < -0.3 is 20.3 Å². The lowest BCUT2D eigenvalue weighted by Gasteiger charge is -2.19. The maximum absolute atomic E-state index is 13.3. The van der Waals surface area contributed by atoms with Gasteiger partial charge in [-0.15, -0.1) is 0 Å². The molecule has 2 amide bonds. The number of carbonyl (C=O) groups is 2. The van der Waals surface area contributed by atoms with E-state index in [1.807, 2.05) is 48.5 Å². The highest BCUT2D eigenvalue weighted by molar-refractivity contribution is 6.13. The predicted molar refractivity (Wildman–Crippen MR) is 141 cm³/mol. The molecule has 0 spiro atoms. The number of hydrogen-bond acceptors (Lipinski definition) is 6. The van der Waals surface area contributed by atoms with Crippen molar-refractivity contribution >= 4 is 39.9 Å². The highest BCUT2D eigenvalue weighted by atomic mass is 16.5. The number of fused-ring (bicyclic) bond motifs is 2. The van der Waals surface area contributed by atoms with E-state index in [9.17, 15) is 9.59 Å². The number of hydrogen-bond donors (Lipinski definition) is 2. The molecule has 182 valence electrons. The molecule has 0 bridgehead atoms. The summed E-state index contributed by atoms with van der Waals surface area (Å²) in [6.07, 6.45) is 1.62. The Balaban J connectivity index is 1.40. The Hall–Kier alpha value is -4.46. The zero-order chi connectivity index (χ0) is 25.4. The van der Waals surface area contributed by atoms with Crippen LogP contribution in [0.5, 0.6) is 11.6 Å². The monoisotopic (exact) mass is 481 g/mol. The molecule has 0 radical (unpaired) electrons. The molecule has 5 rings (SSSR count). The molecule has 0 saturated heterocycles. The Labute approximate surface area is 209 Å². The van der Waals surface area contributed by atoms with Crippen molar-refractivity contribution in [2.45, 2.75) is 26.2 Å². The summed E-state index contributed by atoms with van der Waals surface area (Å²) < 4.78 is 5.89. The van der Waals surface area contributed by atoms with Crippen molar-refractivity contribution in [1.82, 2.24) is 9.97 Å². The quantitative estimate of drug-likeness (QED) is 0.398. The van der Waals surface area contributed by atoms with Crippen molar-refractivity contribution in [3.63, 3.8) is 0 Å². The van der Waals surface area contributed by atoms with Gasteiger partial charge in [0.05, 0.1) is 0 Å². The topological polar surface area (TPSA) is 96.5 Å². The standard InChI is InChI=1S/C28H27N5O3/c1-17(34)33-16-28(2,3)23-11-8-19(15-24(23)33)31-26(35)22-7-5-6-18-14-20(9-10-21(18)22)36-25-12-13-30-27(29-4)32-25/h5-15H,16H2,1-4H3,(H,31,35)(H,29,30,32). The number of nitrogens with one attached hydrogen (secondary N) is 2. The van der Waals surface area contributed by atoms with Gasteiger partial charge in [0.25, 0.3) is 5.91 Å². The zero-order valence-electron chi connectivity index (χ0n) is 20.6. The van der Waals surface area contributed by atoms with E-state index in [0.29, 0.717) is 35.4 Å². The normalized spacial score (nSPS) is 13.8. The second-order valence-electron chi connectivity index (χ2n) is 9.43. The van der Waals surface area contributed by atoms with E-state index in [1.165, 1.54) is 0 Å². The van der Waals surface area contributed by atoms with E-state index < -0.39 is 0 Å². The van der Waals surface area contributed by atoms with E-state index in [4.69, 9.17) is 4.74 Å². The first-order valence-corrected chi connectivity index (χ1v) is 11.7. The zero-order valence-corrected chi connectivity index (χ0v) is 20.6. The van der Waals surface area contributed by atoms with Crippen LogP contribution in [-0.2, 0) is 10.2 Å². The van der Waals surface area contributed by atoms with Crippen molar-refractivity contribution in [3.05, 3.63) is 78.0 Å². The molecule has 0 saturated carbocycles. The smallest absolute Gasteiger partial charge is 0.256 e. The van der Waals surface area contributed by atoms with Crippen molar-refractivity contribution in [2.24, 2.45) is 0 Å². The molecule has 3 aromatic carbocycles. The minimum atomic E-state index is -0.227. The first-order valence-electron chi connectivity index (χ1n) is 11.7. The second-order valence-corrected chi connectivity index (χ2v) is 9.43. The van der Waals surface area contributed by atoms with E-state index in [0.717, 1.165) is 22.0 Å². The van der Waals surface area contributed by atoms with Crippen LogP contribution in [0.2, 0.25) is 0 Å². The Bertz CT molecular complexity index is 1500. The molecular formula is C28H27N5O3. The Morgan fingerprint density at radius 3 is 2.67 bits per heavy atom. The van der Waals surface area contributed by atoms with Gasteiger partial charge in [-0.25, -0.2) is 4.98 Å². The maximum atomic E-state index is 13.3. The third-order valence-corrected chi connectivity index (χ3v) is 6.38. The molecule has 8 nitrogen and oxygen atoms in total. The van der Waals surface area contributed by atoms with Crippen LogP contribution in [-0.4, -0.2) is 35.4 Å². The lowest BCUT2D eigenvalue weighted by molar-refractivity contribution is -0.116. The number of rotatable bonds is 5. The van der Waals surface area contributed by atoms with Crippen LogP contribution in [0, 0.1) is 0 Å². The van der Waals surface area contributed by atoms with Crippen molar-refractivity contribution in [3.8, 4) is 11.6 Å². The molecular weight excluding hydrogens is 454 g/mol. The van der Waals surface area contributed by atoms with Crippen molar-refractivity contribution in [2.75, 3.05) is 29.1 Å². The molecule has 36 heavy (non-hydrogen) atoms. The van der Waals surface area contributed by atoms with Crippen molar-refractivity contribution in [1.29, 1.82) is 0 Å². The predicted octanol–water partition coefficient (Wildman–Crippen LogP) is 5.36. The molecule has 1 aliphatic heterocycles. The average Bonchev–Trinajstić information content (AvgIpc) is 3.14. The van der Waals surface area contributed by atoms with Gasteiger partial charge in [-0.1, -0.05) is 32.0 Å². The summed E-state index contributed by atoms with van der Waals surface area (Å²) in [5, 5.41) is 7.55. The van der Waals surface area contributed by atoms with Crippen LogP contribution in [0.3, 0.4) is 0 Å². The third-order valence-electron chi connectivity index (χ3n) is 6.38. The first kappa shape index (κ1) is 23.3. The Kier molecular flexibility index (Phi) is 5.80. The SMILES string of the molecule is CNc1nccc(Oc2ccc3c(C(=O)Nc4ccc5c(c4)N(C(C)=O)CC5(C)C)cccc3c2)n1. The largest absolute Gasteiger partial charge is 0.439 e. The number of aromatic nitrogens is 2. The number of amides is 2. The van der Waals surface area contributed by atoms with Crippen LogP contribution in [0.1, 0.15) is 36.7 Å². The molecule has 0 atom stereocenters. The van der Waals surface area contributed by atoms with Gasteiger partial charge in [0.1, 0.15) is 5.75 Å². The summed E-state index contributed by atoms with van der Waals surface area (Å²) in [4.78, 5) is 35.6. The van der Waals surface area contributed by atoms with Gasteiger partial charge in [0, 0.05) is 55.1 Å². The van der Waals surface area contributed by atoms with Crippen LogP contribution in [0.15, 0.2) is 66.9 Å². The Morgan fingerprint density at radius 2 is 1.89 bits per heavy atom. The minimum Gasteiger partial charge on any atom is -0.439 e. The summed E-state index contributed by atoms with van der Waals surface area (Å²) >= 11 is 0. The summed E-state index contributed by atoms with van der Waals surface area (Å²) in [6, 6.07) is 18.5. The minimum absolute atomic E-state index is 0.0125. The van der Waals surface area contributed by atoms with Gasteiger partial charge in [0.2, 0.25) is 17.7 Å². The molecule has 0 fully saturated rings. The maximum Gasteiger partial charge on any atom is 0.256 e. The second kappa shape index (κ2) is 8.96. The molecule has 0 unspecified atom stereocenters.